The molecule has 2 atom stereocenters. The fourth-order valence-corrected chi connectivity index (χ4v) is 3.65. The van der Waals surface area contributed by atoms with E-state index in [-0.39, 0.29) is 5.91 Å². The van der Waals surface area contributed by atoms with Gasteiger partial charge in [0, 0.05) is 25.2 Å². The summed E-state index contributed by atoms with van der Waals surface area (Å²) in [7, 11) is 1.95. The predicted octanol–water partition coefficient (Wildman–Crippen LogP) is 2.33. The number of amides is 1. The van der Waals surface area contributed by atoms with Crippen LogP contribution in [0.2, 0.25) is 0 Å². The van der Waals surface area contributed by atoms with Crippen LogP contribution < -0.4 is 5.32 Å². The Morgan fingerprint density at radius 2 is 1.91 bits per heavy atom. The molecular weight excluding hydrogens is 276 g/mol. The minimum absolute atomic E-state index is 0.208. The first-order valence-corrected chi connectivity index (χ1v) is 8.36. The number of nitrogens with one attached hydrogen (secondary N) is 1. The van der Waals surface area contributed by atoms with Crippen LogP contribution in [0.1, 0.15) is 37.7 Å². The van der Waals surface area contributed by atoms with Gasteiger partial charge in [-0.15, -0.1) is 0 Å². The normalized spacial score (nSPS) is 26.9. The van der Waals surface area contributed by atoms with Gasteiger partial charge in [-0.25, -0.2) is 0 Å². The predicted molar refractivity (Wildman–Crippen MR) is 86.5 cm³/mol. The lowest BCUT2D eigenvalue weighted by molar-refractivity contribution is -0.133. The van der Waals surface area contributed by atoms with Crippen LogP contribution in [0.25, 0.3) is 0 Å². The first-order valence-electron chi connectivity index (χ1n) is 8.36. The Hall–Kier alpha value is -1.39. The molecule has 2 unspecified atom stereocenters. The fraction of sp³-hybridized carbons (Fsp3) is 0.611. The van der Waals surface area contributed by atoms with Crippen molar-refractivity contribution in [2.75, 3.05) is 13.7 Å². The first kappa shape index (κ1) is 15.5. The van der Waals surface area contributed by atoms with Gasteiger partial charge in [-0.3, -0.25) is 4.79 Å². The molecule has 120 valence electrons. The number of nitrogens with zero attached hydrogens (tertiary/aromatic N) is 1. The third-order valence-electron chi connectivity index (χ3n) is 4.96. The van der Waals surface area contributed by atoms with Crippen LogP contribution in [-0.4, -0.2) is 42.6 Å². The van der Waals surface area contributed by atoms with Crippen molar-refractivity contribution in [3.8, 4) is 0 Å². The Kier molecular flexibility index (Phi) is 5.11. The highest BCUT2D eigenvalue weighted by Crippen LogP contribution is 2.29. The quantitative estimate of drug-likeness (QED) is 0.820. The molecule has 1 aromatic carbocycles. The largest absolute Gasteiger partial charge is 0.376 e. The molecule has 1 amide bonds. The molecule has 2 bridgehead atoms. The van der Waals surface area contributed by atoms with Crippen molar-refractivity contribution >= 4 is 5.91 Å². The minimum atomic E-state index is 0.208. The molecule has 1 aromatic rings. The number of fused-ring (bicyclic) bond motifs is 2. The summed E-state index contributed by atoms with van der Waals surface area (Å²) >= 11 is 0. The molecule has 2 aliphatic rings. The molecule has 2 fully saturated rings. The molecule has 4 heteroatoms. The Morgan fingerprint density at radius 3 is 2.59 bits per heavy atom. The molecule has 0 aromatic heterocycles. The SMILES string of the molecule is CN(C(=O)CCOCc1ccccc1)C1CC2CCC(C1)N2. The number of carbonyl (C=O) groups excluding carboxylic acids is 1. The number of hydrogen-bond acceptors (Lipinski definition) is 3. The fourth-order valence-electron chi connectivity index (χ4n) is 3.65. The number of benzene rings is 1. The highest BCUT2D eigenvalue weighted by Gasteiger charge is 2.36. The van der Waals surface area contributed by atoms with Crippen LogP contribution in [0.3, 0.4) is 0 Å². The van der Waals surface area contributed by atoms with E-state index >= 15 is 0 Å². The first-order chi connectivity index (χ1) is 10.7. The molecule has 4 nitrogen and oxygen atoms in total. The summed E-state index contributed by atoms with van der Waals surface area (Å²) in [5.41, 5.74) is 1.15. The number of hydrogen-bond donors (Lipinski definition) is 1. The summed E-state index contributed by atoms with van der Waals surface area (Å²) in [5.74, 6) is 0.208. The van der Waals surface area contributed by atoms with Crippen molar-refractivity contribution in [3.63, 3.8) is 0 Å². The second-order valence-corrected chi connectivity index (χ2v) is 6.56. The van der Waals surface area contributed by atoms with Crippen molar-refractivity contribution in [2.45, 2.75) is 56.8 Å². The van der Waals surface area contributed by atoms with Gasteiger partial charge in [0.1, 0.15) is 0 Å². The second kappa shape index (κ2) is 7.25. The maximum Gasteiger partial charge on any atom is 0.224 e. The Balaban J connectivity index is 1.38. The average Bonchev–Trinajstić information content (AvgIpc) is 2.89. The van der Waals surface area contributed by atoms with E-state index in [1.807, 2.05) is 42.3 Å². The lowest BCUT2D eigenvalue weighted by Crippen LogP contribution is -2.48. The molecule has 0 radical (unpaired) electrons. The van der Waals surface area contributed by atoms with Crippen LogP contribution in [0.15, 0.2) is 30.3 Å². The lowest BCUT2D eigenvalue weighted by atomic mass is 9.98. The molecule has 2 heterocycles. The van der Waals surface area contributed by atoms with E-state index in [0.717, 1.165) is 18.4 Å². The van der Waals surface area contributed by atoms with Gasteiger partial charge in [-0.1, -0.05) is 30.3 Å². The van der Waals surface area contributed by atoms with Crippen LogP contribution >= 0.6 is 0 Å². The molecule has 0 aliphatic carbocycles. The van der Waals surface area contributed by atoms with E-state index in [0.29, 0.717) is 37.8 Å². The van der Waals surface area contributed by atoms with E-state index in [9.17, 15) is 4.79 Å². The summed E-state index contributed by atoms with van der Waals surface area (Å²) in [5, 5.41) is 3.62. The molecular formula is C18H26N2O2. The van der Waals surface area contributed by atoms with Crippen molar-refractivity contribution in [2.24, 2.45) is 0 Å². The summed E-state index contributed by atoms with van der Waals surface area (Å²) in [6.07, 6.45) is 5.21. The molecule has 1 N–H and O–H groups in total. The minimum Gasteiger partial charge on any atom is -0.376 e. The van der Waals surface area contributed by atoms with Gasteiger partial charge in [-0.2, -0.15) is 0 Å². The van der Waals surface area contributed by atoms with Gasteiger partial charge in [0.15, 0.2) is 0 Å². The van der Waals surface area contributed by atoms with Gasteiger partial charge in [-0.05, 0) is 31.2 Å². The van der Waals surface area contributed by atoms with E-state index in [2.05, 4.69) is 5.32 Å². The smallest absolute Gasteiger partial charge is 0.224 e. The van der Waals surface area contributed by atoms with Gasteiger partial charge in [0.25, 0.3) is 0 Å². The molecule has 0 saturated carbocycles. The highest BCUT2D eigenvalue weighted by atomic mass is 16.5. The molecule has 0 spiro atoms. The monoisotopic (exact) mass is 302 g/mol. The Bertz CT molecular complexity index is 479. The Labute approximate surface area is 132 Å². The van der Waals surface area contributed by atoms with E-state index in [1.54, 1.807) is 0 Å². The van der Waals surface area contributed by atoms with Crippen LogP contribution in [0, 0.1) is 0 Å². The van der Waals surface area contributed by atoms with Gasteiger partial charge in [0.05, 0.1) is 19.6 Å². The molecule has 3 rings (SSSR count). The third-order valence-corrected chi connectivity index (χ3v) is 4.96. The van der Waals surface area contributed by atoms with Crippen molar-refractivity contribution < 1.29 is 9.53 Å². The summed E-state index contributed by atoms with van der Waals surface area (Å²) in [6.45, 7) is 1.07. The molecule has 2 aliphatic heterocycles. The van der Waals surface area contributed by atoms with Crippen LogP contribution in [0.5, 0.6) is 0 Å². The topological polar surface area (TPSA) is 41.6 Å². The standard InChI is InChI=1S/C18H26N2O2/c1-20(17-11-15-7-8-16(12-17)19-15)18(21)9-10-22-13-14-5-3-2-4-6-14/h2-6,15-17,19H,7-13H2,1H3. The lowest BCUT2D eigenvalue weighted by Gasteiger charge is -2.35. The van der Waals surface area contributed by atoms with Crippen LogP contribution in [0.4, 0.5) is 0 Å². The Morgan fingerprint density at radius 1 is 1.23 bits per heavy atom. The van der Waals surface area contributed by atoms with E-state index in [1.165, 1.54) is 12.8 Å². The van der Waals surface area contributed by atoms with Gasteiger partial charge in [0.2, 0.25) is 5.91 Å². The molecule has 2 saturated heterocycles. The summed E-state index contributed by atoms with van der Waals surface area (Å²) in [4.78, 5) is 14.3. The van der Waals surface area contributed by atoms with Gasteiger partial charge >= 0.3 is 0 Å². The van der Waals surface area contributed by atoms with Crippen molar-refractivity contribution in [1.82, 2.24) is 10.2 Å². The van der Waals surface area contributed by atoms with Crippen molar-refractivity contribution in [3.05, 3.63) is 35.9 Å². The highest BCUT2D eigenvalue weighted by molar-refractivity contribution is 5.76. The average molecular weight is 302 g/mol. The summed E-state index contributed by atoms with van der Waals surface area (Å²) < 4.78 is 5.62. The maximum atomic E-state index is 12.3. The summed E-state index contributed by atoms with van der Waals surface area (Å²) in [6, 6.07) is 11.7. The van der Waals surface area contributed by atoms with E-state index < -0.39 is 0 Å². The molecule has 22 heavy (non-hydrogen) atoms. The zero-order valence-corrected chi connectivity index (χ0v) is 13.3. The number of carbonyl (C=O) groups is 1. The van der Waals surface area contributed by atoms with Crippen LogP contribution in [-0.2, 0) is 16.1 Å². The zero-order chi connectivity index (χ0) is 15.4. The zero-order valence-electron chi connectivity index (χ0n) is 13.3. The van der Waals surface area contributed by atoms with Crippen molar-refractivity contribution in [1.29, 1.82) is 0 Å². The maximum absolute atomic E-state index is 12.3. The second-order valence-electron chi connectivity index (χ2n) is 6.56. The van der Waals surface area contributed by atoms with E-state index in [4.69, 9.17) is 4.74 Å². The third kappa shape index (κ3) is 3.87. The number of ether oxygens (including phenoxy) is 1. The van der Waals surface area contributed by atoms with Gasteiger partial charge < -0.3 is 15.0 Å². The number of piperidine rings is 1. The number of rotatable bonds is 6.